The molecule has 4 nitrogen and oxygen atoms in total. The molecule has 7 heteroatoms. The van der Waals surface area contributed by atoms with E-state index in [1.165, 1.54) is 0 Å². The summed E-state index contributed by atoms with van der Waals surface area (Å²) in [5.41, 5.74) is -2.01. The van der Waals surface area contributed by atoms with Gasteiger partial charge >= 0.3 is 12.3 Å². The van der Waals surface area contributed by atoms with Crippen LogP contribution >= 0.6 is 0 Å². The van der Waals surface area contributed by atoms with E-state index in [0.717, 1.165) is 6.07 Å². The summed E-state index contributed by atoms with van der Waals surface area (Å²) in [5, 5.41) is 8.70. The molecule has 0 aliphatic heterocycles. The van der Waals surface area contributed by atoms with Crippen LogP contribution in [0.15, 0.2) is 16.9 Å². The molecule has 1 fully saturated rings. The predicted octanol–water partition coefficient (Wildman–Crippen LogP) is 1.90. The number of aromatic carboxylic acids is 1. The molecule has 1 aliphatic carbocycles. The molecule has 0 spiro atoms. The summed E-state index contributed by atoms with van der Waals surface area (Å²) in [4.78, 5) is 22.0. The number of carboxylic acid groups (broad SMARTS) is 1. The van der Waals surface area contributed by atoms with Gasteiger partial charge in [-0.2, -0.15) is 0 Å². The molecule has 0 atom stereocenters. The van der Waals surface area contributed by atoms with E-state index >= 15 is 0 Å². The first kappa shape index (κ1) is 11.7. The summed E-state index contributed by atoms with van der Waals surface area (Å²) in [7, 11) is 0. The zero-order valence-electron chi connectivity index (χ0n) is 8.49. The van der Waals surface area contributed by atoms with Crippen molar-refractivity contribution in [3.05, 3.63) is 33.7 Å². The minimum Gasteiger partial charge on any atom is -0.478 e. The van der Waals surface area contributed by atoms with Gasteiger partial charge in [0, 0.05) is 11.8 Å². The van der Waals surface area contributed by atoms with Crippen molar-refractivity contribution in [3.63, 3.8) is 0 Å². The lowest BCUT2D eigenvalue weighted by atomic mass is 10.1. The van der Waals surface area contributed by atoms with E-state index in [2.05, 4.69) is 0 Å². The maximum Gasteiger partial charge on any atom is 0.491 e. The quantitative estimate of drug-likeness (QED) is 0.868. The van der Waals surface area contributed by atoms with Gasteiger partial charge in [0.15, 0.2) is 0 Å². The van der Waals surface area contributed by atoms with E-state index in [9.17, 15) is 22.8 Å². The first-order valence-electron chi connectivity index (χ1n) is 4.88. The molecule has 2 rings (SSSR count). The lowest BCUT2D eigenvalue weighted by molar-refractivity contribution is -0.207. The predicted molar refractivity (Wildman–Crippen MR) is 50.9 cm³/mol. The summed E-state index contributed by atoms with van der Waals surface area (Å²) >= 11 is 0. The second-order valence-electron chi connectivity index (χ2n) is 3.89. The molecule has 92 valence electrons. The molecule has 1 aliphatic rings. The van der Waals surface area contributed by atoms with Gasteiger partial charge in [0.25, 0.3) is 5.56 Å². The minimum absolute atomic E-state index is 0.262. The highest BCUT2D eigenvalue weighted by atomic mass is 19.4. The first-order chi connectivity index (χ1) is 7.80. The molecule has 1 aromatic rings. The number of hydrogen-bond acceptors (Lipinski definition) is 2. The van der Waals surface area contributed by atoms with Crippen LogP contribution in [0.2, 0.25) is 0 Å². The van der Waals surface area contributed by atoms with E-state index in [4.69, 9.17) is 5.11 Å². The Morgan fingerprint density at radius 1 is 1.35 bits per heavy atom. The average Bonchev–Trinajstić information content (AvgIpc) is 2.96. The standard InChI is InChI=1S/C10H8F3NO3/c11-10(12,13)14-7(5-1-2-5)3-6(9(16)17)4-8(14)15/h3-5H,1-2H2,(H,16,17). The van der Waals surface area contributed by atoms with E-state index in [1.807, 2.05) is 0 Å². The number of hydrogen-bond donors (Lipinski definition) is 1. The summed E-state index contributed by atoms with van der Waals surface area (Å²) in [6, 6.07) is 1.41. The zero-order valence-corrected chi connectivity index (χ0v) is 8.49. The van der Waals surface area contributed by atoms with Crippen LogP contribution in [0.25, 0.3) is 0 Å². The van der Waals surface area contributed by atoms with Crippen LogP contribution in [0.1, 0.15) is 34.8 Å². The number of pyridine rings is 1. The third-order valence-electron chi connectivity index (χ3n) is 2.56. The molecule has 0 radical (unpaired) electrons. The van der Waals surface area contributed by atoms with Crippen LogP contribution in [0.5, 0.6) is 0 Å². The molecular formula is C10H8F3NO3. The van der Waals surface area contributed by atoms with Crippen molar-refractivity contribution >= 4 is 5.97 Å². The molecular weight excluding hydrogens is 239 g/mol. The van der Waals surface area contributed by atoms with Crippen LogP contribution < -0.4 is 5.56 Å². The van der Waals surface area contributed by atoms with Gasteiger partial charge in [0.05, 0.1) is 5.56 Å². The number of carbonyl (C=O) groups is 1. The number of alkyl halides is 3. The molecule has 1 saturated carbocycles. The molecule has 1 N–H and O–H groups in total. The normalized spacial score (nSPS) is 15.9. The maximum atomic E-state index is 12.6. The summed E-state index contributed by atoms with van der Waals surface area (Å²) in [5.74, 6) is -1.78. The minimum atomic E-state index is -4.81. The summed E-state index contributed by atoms with van der Waals surface area (Å²) in [6.45, 7) is 0. The van der Waals surface area contributed by atoms with Crippen molar-refractivity contribution in [1.82, 2.24) is 4.57 Å². The van der Waals surface area contributed by atoms with Crippen LogP contribution in [-0.2, 0) is 6.30 Å². The zero-order chi connectivity index (χ0) is 12.8. The van der Waals surface area contributed by atoms with Gasteiger partial charge in [-0.1, -0.05) is 0 Å². The molecule has 1 aromatic heterocycles. The van der Waals surface area contributed by atoms with Gasteiger partial charge < -0.3 is 5.11 Å². The highest BCUT2D eigenvalue weighted by molar-refractivity contribution is 5.87. The van der Waals surface area contributed by atoms with Crippen LogP contribution in [-0.4, -0.2) is 15.6 Å². The molecule has 17 heavy (non-hydrogen) atoms. The molecule has 1 heterocycles. The van der Waals surface area contributed by atoms with Gasteiger partial charge in [-0.3, -0.25) is 4.79 Å². The van der Waals surface area contributed by atoms with Crippen LogP contribution in [0, 0.1) is 0 Å². The van der Waals surface area contributed by atoms with Crippen molar-refractivity contribution in [3.8, 4) is 0 Å². The highest BCUT2D eigenvalue weighted by Gasteiger charge is 2.39. The Morgan fingerprint density at radius 3 is 2.35 bits per heavy atom. The number of rotatable bonds is 2. The monoisotopic (exact) mass is 247 g/mol. The van der Waals surface area contributed by atoms with Crippen LogP contribution in [0.3, 0.4) is 0 Å². The van der Waals surface area contributed by atoms with Crippen LogP contribution in [0.4, 0.5) is 13.2 Å². The Morgan fingerprint density at radius 2 is 1.94 bits per heavy atom. The Hall–Kier alpha value is -1.79. The third-order valence-corrected chi connectivity index (χ3v) is 2.56. The Labute approximate surface area is 93.3 Å². The molecule has 0 bridgehead atoms. The number of halogens is 3. The molecule has 0 unspecified atom stereocenters. The van der Waals surface area contributed by atoms with Crippen molar-refractivity contribution in [2.75, 3.05) is 0 Å². The first-order valence-corrected chi connectivity index (χ1v) is 4.88. The fraction of sp³-hybridized carbons (Fsp3) is 0.400. The summed E-state index contributed by atoms with van der Waals surface area (Å²) < 4.78 is 37.7. The fourth-order valence-electron chi connectivity index (χ4n) is 1.66. The Bertz CT molecular complexity index is 529. The largest absolute Gasteiger partial charge is 0.491 e. The smallest absolute Gasteiger partial charge is 0.478 e. The Kier molecular flexibility index (Phi) is 2.48. The topological polar surface area (TPSA) is 59.3 Å². The van der Waals surface area contributed by atoms with Crippen molar-refractivity contribution in [2.45, 2.75) is 25.1 Å². The molecule has 0 saturated heterocycles. The maximum absolute atomic E-state index is 12.6. The van der Waals surface area contributed by atoms with E-state index in [0.29, 0.717) is 18.9 Å². The number of nitrogens with zero attached hydrogens (tertiary/aromatic N) is 1. The lowest BCUT2D eigenvalue weighted by Crippen LogP contribution is -2.33. The van der Waals surface area contributed by atoms with E-state index in [-0.39, 0.29) is 16.2 Å². The van der Waals surface area contributed by atoms with Crippen molar-refractivity contribution in [1.29, 1.82) is 0 Å². The lowest BCUT2D eigenvalue weighted by Gasteiger charge is -2.15. The van der Waals surface area contributed by atoms with Gasteiger partial charge in [0.2, 0.25) is 0 Å². The molecule has 0 amide bonds. The SMILES string of the molecule is O=C(O)c1cc(C2CC2)n(C(F)(F)F)c(=O)c1. The summed E-state index contributed by atoms with van der Waals surface area (Å²) in [6.07, 6.45) is -3.73. The van der Waals surface area contributed by atoms with Gasteiger partial charge in [-0.25, -0.2) is 9.36 Å². The van der Waals surface area contributed by atoms with Crippen molar-refractivity contribution < 1.29 is 23.1 Å². The second kappa shape index (κ2) is 3.61. The van der Waals surface area contributed by atoms with Crippen molar-refractivity contribution in [2.24, 2.45) is 0 Å². The average molecular weight is 247 g/mol. The van der Waals surface area contributed by atoms with Gasteiger partial charge in [-0.05, 0) is 24.8 Å². The highest BCUT2D eigenvalue weighted by Crippen LogP contribution is 2.41. The fourth-order valence-corrected chi connectivity index (χ4v) is 1.66. The van der Waals surface area contributed by atoms with Gasteiger partial charge in [-0.15, -0.1) is 13.2 Å². The molecule has 0 aromatic carbocycles. The Balaban J connectivity index is 2.66. The second-order valence-corrected chi connectivity index (χ2v) is 3.89. The van der Waals surface area contributed by atoms with Gasteiger partial charge in [0.1, 0.15) is 0 Å². The van der Waals surface area contributed by atoms with E-state index < -0.39 is 23.4 Å². The van der Waals surface area contributed by atoms with E-state index in [1.54, 1.807) is 0 Å². The third kappa shape index (κ3) is 2.17. The number of aromatic nitrogens is 1. The number of carboxylic acids is 1.